The minimum atomic E-state index is -0.380. The molecule has 0 heterocycles. The van der Waals surface area contributed by atoms with Crippen molar-refractivity contribution in [3.8, 4) is 0 Å². The van der Waals surface area contributed by atoms with E-state index in [1.54, 1.807) is 0 Å². The maximum atomic E-state index is 9.83. The fourth-order valence-corrected chi connectivity index (χ4v) is 0.0625. The van der Waals surface area contributed by atoms with E-state index in [2.05, 4.69) is 24.7 Å². The molecule has 0 saturated carbocycles. The van der Waals surface area contributed by atoms with Gasteiger partial charge in [-0.2, -0.15) is 0 Å². The molecule has 0 aromatic carbocycles. The van der Waals surface area contributed by atoms with E-state index >= 15 is 0 Å². The van der Waals surface area contributed by atoms with E-state index in [1.165, 1.54) is 0 Å². The Morgan fingerprint density at radius 1 is 0.556 bits per heavy atom. The van der Waals surface area contributed by atoms with Crippen molar-refractivity contribution in [2.24, 2.45) is 0 Å². The zero-order valence-corrected chi connectivity index (χ0v) is 41.9. The van der Waals surface area contributed by atoms with E-state index in [-0.39, 0.29) is 373 Å². The van der Waals surface area contributed by atoms with Crippen molar-refractivity contribution in [3.05, 3.63) is 21.5 Å². The molecule has 11 radical (unpaired) electrons. The Balaban J connectivity index is -0.00000000189. The van der Waals surface area contributed by atoms with Gasteiger partial charge in [-0.1, -0.05) is 0 Å². The molecule has 0 aromatic heterocycles. The van der Waals surface area contributed by atoms with Crippen molar-refractivity contribution < 1.29 is 365 Å². The van der Waals surface area contributed by atoms with Crippen LogP contribution in [0.1, 0.15) is 0 Å². The van der Waals surface area contributed by atoms with Crippen molar-refractivity contribution in [3.63, 3.8) is 0 Å². The predicted molar refractivity (Wildman–Crippen MR) is 28.8 cm³/mol. The summed E-state index contributed by atoms with van der Waals surface area (Å²) in [6, 6.07) is -0.380. The van der Waals surface area contributed by atoms with Crippen LogP contribution in [-0.4, -0.2) is 6.03 Å². The van der Waals surface area contributed by atoms with Crippen LogP contribution in [0.25, 0.3) is 0 Å². The van der Waals surface area contributed by atoms with Gasteiger partial charge in [0.1, 0.15) is 0 Å². The summed E-state index contributed by atoms with van der Waals surface area (Å²) in [5.41, 5.74) is 0. The van der Waals surface area contributed by atoms with Gasteiger partial charge in [0.05, 0.1) is 0 Å². The summed E-state index contributed by atoms with van der Waals surface area (Å²) in [6.07, 6.45) is 0. The number of rotatable bonds is 0. The molecule has 0 aromatic rings. The van der Waals surface area contributed by atoms with E-state index in [9.17, 15) is 4.79 Å². The van der Waals surface area contributed by atoms with E-state index in [0.29, 0.717) is 0 Å². The molecule has 0 aliphatic heterocycles. The molecular weight excluding hydrogens is 1070 g/mol. The molecule has 0 spiro atoms. The number of hydrogen-bond donors (Lipinski definition) is 2. The maximum Gasteiger partial charge on any atom is 0.255 e. The molecule has 0 atom stereocenters. The van der Waals surface area contributed by atoms with Gasteiger partial charge in [-0.25, -0.2) is 0 Å². The van der Waals surface area contributed by atoms with E-state index in [4.69, 9.17) is 0 Å². The number of carbonyl (C=O) groups excluding carboxylic acids is 1. The molecule has 18 heavy (non-hydrogen) atoms. The summed E-state index contributed by atoms with van der Waals surface area (Å²) in [6.45, 7) is 0. The summed E-state index contributed by atoms with van der Waals surface area (Å²) in [7, 11) is 6.11. The van der Waals surface area contributed by atoms with Gasteiger partial charge in [0.2, 0.25) is 0 Å². The monoisotopic (exact) mass is 1080 g/mol. The van der Waals surface area contributed by atoms with E-state index < -0.39 is 0 Å². The van der Waals surface area contributed by atoms with Gasteiger partial charge in [-0.05, 0) is 0 Å². The minimum Gasteiger partial charge on any atom is -0.492 e. The van der Waals surface area contributed by atoms with Gasteiger partial charge in [0.25, 0.3) is 6.03 Å². The second-order valence-electron chi connectivity index (χ2n) is 0.683. The molecule has 0 saturated heterocycles. The summed E-state index contributed by atoms with van der Waals surface area (Å²) in [5.74, 6) is 0. The van der Waals surface area contributed by atoms with Crippen LogP contribution in [0, 0.1) is 21.5 Å². The number of carbonyl (C=O) groups is 1. The normalized spacial score (nSPS) is 2.33. The first-order chi connectivity index (χ1) is 2.81. The zero-order valence-electron chi connectivity index (χ0n) is 10.7. The van der Waals surface area contributed by atoms with Crippen LogP contribution >= 0.6 is 0 Å². The average molecular weight is 1080 g/mol. The Hall–Kier alpha value is 11.4. The molecule has 0 aliphatic carbocycles. The quantitative estimate of drug-likeness (QED) is 0.338. The molecule has 2 N–H and O–H groups in total. The Morgan fingerprint density at radius 2 is 0.667 bits per heavy atom. The van der Waals surface area contributed by atoms with Gasteiger partial charge in [0.15, 0.2) is 0 Å². The smallest absolute Gasteiger partial charge is 0.255 e. The summed E-state index contributed by atoms with van der Waals surface area (Å²) < 4.78 is 0. The summed E-state index contributed by atoms with van der Waals surface area (Å²) >= 11 is 0. The molecule has 0 fully saturated rings. The molecule has 0 aliphatic rings. The molecule has 3 nitrogen and oxygen atoms in total. The van der Waals surface area contributed by atoms with Crippen LogP contribution in [0.4, 0.5) is 4.79 Å². The number of urea groups is 1. The van der Waals surface area contributed by atoms with Gasteiger partial charge in [-0.3, -0.25) is 18.9 Å². The number of nitrogens with one attached hydrogen (secondary N) is 2. The fourth-order valence-electron chi connectivity index (χ4n) is 0.0625. The first-order valence-electron chi connectivity index (χ1n) is 1.41. The average Bonchev–Trinajstić information content (AvgIpc) is 1.65. The van der Waals surface area contributed by atoms with Crippen molar-refractivity contribution >= 4 is 6.03 Å². The Labute approximate surface area is 389 Å². The number of hydrogen-bond acceptors (Lipinski definition) is 1. The first kappa shape index (κ1) is 88.1. The standard InChI is InChI=1S/C3H6N2O.CH3.11Y/c1-4-3(6)5-2;;;;;;;;;;;;/h1-2H2,(H2,4,5,6);1H3;;;;;;;;;;;/q-2;-1;;;;;;;;;;;. The van der Waals surface area contributed by atoms with E-state index in [1.807, 2.05) is 0 Å². The molecule has 0 bridgehead atoms. The second kappa shape index (κ2) is 79.3. The largest absolute Gasteiger partial charge is 0.492 e. The van der Waals surface area contributed by atoms with Crippen LogP contribution in [0.5, 0.6) is 0 Å². The molecule has 14 heteroatoms. The maximum absolute atomic E-state index is 9.83. The summed E-state index contributed by atoms with van der Waals surface area (Å²) in [5, 5.41) is 4.10. The van der Waals surface area contributed by atoms with Crippen molar-refractivity contribution in [1.29, 1.82) is 0 Å². The Bertz CT molecular complexity index is 65.0. The van der Waals surface area contributed by atoms with Gasteiger partial charge < -0.3 is 18.1 Å². The molecule has 2 amide bonds. The molecule has 77 valence electrons. The van der Waals surface area contributed by atoms with Crippen LogP contribution < -0.4 is 10.6 Å². The molecular formula is C4H9N2OY11-3. The van der Waals surface area contributed by atoms with Crippen molar-refractivity contribution in [2.75, 3.05) is 0 Å². The van der Waals surface area contributed by atoms with E-state index in [0.717, 1.165) is 0 Å². The van der Waals surface area contributed by atoms with Gasteiger partial charge >= 0.3 is 0 Å². The van der Waals surface area contributed by atoms with Crippen LogP contribution in [0.3, 0.4) is 0 Å². The second-order valence-corrected chi connectivity index (χ2v) is 0.683. The minimum absolute atomic E-state index is 0. The summed E-state index contributed by atoms with van der Waals surface area (Å²) in [4.78, 5) is 9.83. The molecule has 0 unspecified atom stereocenters. The number of amides is 2. The first-order valence-corrected chi connectivity index (χ1v) is 1.41. The van der Waals surface area contributed by atoms with Crippen LogP contribution in [0.2, 0.25) is 0 Å². The van der Waals surface area contributed by atoms with Crippen molar-refractivity contribution in [2.45, 2.75) is 0 Å². The zero-order chi connectivity index (χ0) is 4.99. The van der Waals surface area contributed by atoms with Crippen molar-refractivity contribution in [1.82, 2.24) is 10.6 Å². The SMILES string of the molecule is [CH2-]NC(=O)N[CH2-].[CH3-].[Y].[Y].[Y].[Y].[Y].[Y].[Y].[Y].[Y].[Y].[Y]. The fraction of sp³-hybridized carbons (Fsp3) is 0. The van der Waals surface area contributed by atoms with Gasteiger partial charge in [-0.15, -0.1) is 0 Å². The third-order valence-electron chi connectivity index (χ3n) is 0.321. The Kier molecular flexibility index (Phi) is 388. The van der Waals surface area contributed by atoms with Crippen LogP contribution in [0.15, 0.2) is 0 Å². The molecule has 0 rings (SSSR count). The van der Waals surface area contributed by atoms with Crippen LogP contribution in [-0.2, 0) is 360 Å². The third kappa shape index (κ3) is 80.5. The Morgan fingerprint density at radius 3 is 0.667 bits per heavy atom. The van der Waals surface area contributed by atoms with Gasteiger partial charge in [0, 0.05) is 360 Å². The topological polar surface area (TPSA) is 41.1 Å². The predicted octanol–water partition coefficient (Wildman–Crippen LogP) is 0.292. The third-order valence-corrected chi connectivity index (χ3v) is 0.321.